The van der Waals surface area contributed by atoms with E-state index in [2.05, 4.69) is 32.2 Å². The Balaban J connectivity index is 1.90. The van der Waals surface area contributed by atoms with Crippen LogP contribution in [-0.4, -0.2) is 14.6 Å². The van der Waals surface area contributed by atoms with Crippen molar-refractivity contribution in [3.63, 3.8) is 0 Å². The van der Waals surface area contributed by atoms with Crippen LogP contribution >= 0.6 is 50.9 Å². The van der Waals surface area contributed by atoms with E-state index >= 15 is 0 Å². The van der Waals surface area contributed by atoms with Gasteiger partial charge in [-0.3, -0.25) is 4.40 Å². The molecule has 1 aromatic carbocycles. The summed E-state index contributed by atoms with van der Waals surface area (Å²) in [6, 6.07) is 9.75. The number of nitrogens with zero attached hydrogens (tertiary/aromatic N) is 3. The molecule has 2 aromatic heterocycles. The predicted octanol–water partition coefficient (Wildman–Crippen LogP) is 5.09. The highest BCUT2D eigenvalue weighted by molar-refractivity contribution is 9.10. The molecule has 3 aromatic rings. The molecule has 7 heteroatoms. The lowest BCUT2D eigenvalue weighted by molar-refractivity contribution is 0.921. The lowest BCUT2D eigenvalue weighted by atomic mass is 10.2. The van der Waals surface area contributed by atoms with Crippen molar-refractivity contribution in [2.75, 3.05) is 0 Å². The van der Waals surface area contributed by atoms with E-state index in [9.17, 15) is 0 Å². The lowest BCUT2D eigenvalue weighted by Gasteiger charge is -2.03. The maximum Gasteiger partial charge on any atom is 0.196 e. The van der Waals surface area contributed by atoms with E-state index in [1.807, 2.05) is 22.6 Å². The third kappa shape index (κ3) is 2.81. The molecule has 102 valence electrons. The highest BCUT2D eigenvalue weighted by Gasteiger charge is 2.11. The molecule has 2 heterocycles. The van der Waals surface area contributed by atoms with Gasteiger partial charge in [0.15, 0.2) is 10.8 Å². The fourth-order valence-electron chi connectivity index (χ4n) is 1.76. The van der Waals surface area contributed by atoms with Crippen molar-refractivity contribution in [1.29, 1.82) is 0 Å². The maximum absolute atomic E-state index is 6.09. The standard InChI is InChI=1S/C13H8BrCl2N3S/c14-10-4-2-1-3-8(10)7-20-13-18-17-12-11(16)5-9(15)6-19(12)13/h1-6H,7H2. The molecule has 0 saturated heterocycles. The molecule has 0 fully saturated rings. The molecule has 0 aliphatic heterocycles. The Kier molecular flexibility index (Phi) is 4.21. The summed E-state index contributed by atoms with van der Waals surface area (Å²) in [6.07, 6.45) is 1.77. The van der Waals surface area contributed by atoms with Gasteiger partial charge in [0.2, 0.25) is 0 Å². The third-order valence-electron chi connectivity index (χ3n) is 2.71. The number of thioether (sulfide) groups is 1. The Morgan fingerprint density at radius 1 is 1.20 bits per heavy atom. The van der Waals surface area contributed by atoms with Crippen LogP contribution in [0.4, 0.5) is 0 Å². The number of rotatable bonds is 3. The molecular weight excluding hydrogens is 381 g/mol. The normalized spacial score (nSPS) is 11.2. The molecule has 0 spiro atoms. The smallest absolute Gasteiger partial charge is 0.196 e. The van der Waals surface area contributed by atoms with E-state index in [4.69, 9.17) is 23.2 Å². The Morgan fingerprint density at radius 3 is 2.80 bits per heavy atom. The summed E-state index contributed by atoms with van der Waals surface area (Å²) in [5, 5.41) is 10.1. The van der Waals surface area contributed by atoms with Crippen LogP contribution < -0.4 is 0 Å². The van der Waals surface area contributed by atoms with Crippen LogP contribution in [0.25, 0.3) is 5.65 Å². The molecule has 3 rings (SSSR count). The van der Waals surface area contributed by atoms with Gasteiger partial charge in [-0.1, -0.05) is 69.1 Å². The summed E-state index contributed by atoms with van der Waals surface area (Å²) in [5.41, 5.74) is 1.81. The number of hydrogen-bond donors (Lipinski definition) is 0. The monoisotopic (exact) mass is 387 g/mol. The van der Waals surface area contributed by atoms with Crippen molar-refractivity contribution in [3.8, 4) is 0 Å². The first-order chi connectivity index (χ1) is 9.65. The Hall–Kier alpha value is -0.750. The Morgan fingerprint density at radius 2 is 2.00 bits per heavy atom. The number of fused-ring (bicyclic) bond motifs is 1. The van der Waals surface area contributed by atoms with Crippen molar-refractivity contribution in [3.05, 3.63) is 56.6 Å². The molecule has 0 bridgehead atoms. The fourth-order valence-corrected chi connectivity index (χ4v) is 3.79. The van der Waals surface area contributed by atoms with E-state index in [1.54, 1.807) is 24.0 Å². The first-order valence-corrected chi connectivity index (χ1v) is 8.24. The average Bonchev–Trinajstić information content (AvgIpc) is 2.81. The minimum Gasteiger partial charge on any atom is -0.275 e. The number of pyridine rings is 1. The molecule has 0 unspecified atom stereocenters. The van der Waals surface area contributed by atoms with Crippen molar-refractivity contribution in [2.24, 2.45) is 0 Å². The van der Waals surface area contributed by atoms with Crippen LogP contribution in [0, 0.1) is 0 Å². The van der Waals surface area contributed by atoms with E-state index < -0.39 is 0 Å². The molecule has 0 N–H and O–H groups in total. The van der Waals surface area contributed by atoms with E-state index in [1.165, 1.54) is 5.56 Å². The Bertz CT molecular complexity index is 775. The average molecular weight is 389 g/mol. The summed E-state index contributed by atoms with van der Waals surface area (Å²) in [5.74, 6) is 0.784. The van der Waals surface area contributed by atoms with E-state index in [0.717, 1.165) is 15.4 Å². The van der Waals surface area contributed by atoms with Gasteiger partial charge in [-0.2, -0.15) is 0 Å². The molecule has 0 aliphatic carbocycles. The zero-order valence-corrected chi connectivity index (χ0v) is 14.0. The first-order valence-electron chi connectivity index (χ1n) is 5.71. The lowest BCUT2D eigenvalue weighted by Crippen LogP contribution is -1.89. The summed E-state index contributed by atoms with van der Waals surface area (Å²) >= 11 is 17.2. The van der Waals surface area contributed by atoms with Gasteiger partial charge in [0, 0.05) is 16.4 Å². The van der Waals surface area contributed by atoms with Gasteiger partial charge in [0.1, 0.15) is 0 Å². The van der Waals surface area contributed by atoms with Crippen LogP contribution in [0.15, 0.2) is 46.2 Å². The van der Waals surface area contributed by atoms with Gasteiger partial charge in [-0.15, -0.1) is 10.2 Å². The van der Waals surface area contributed by atoms with Gasteiger partial charge in [0.25, 0.3) is 0 Å². The second kappa shape index (κ2) is 5.93. The van der Waals surface area contributed by atoms with Crippen LogP contribution in [0.1, 0.15) is 5.56 Å². The SMILES string of the molecule is Clc1cc(Cl)c2nnc(SCc3ccccc3Br)n2c1. The predicted molar refractivity (Wildman–Crippen MR) is 86.7 cm³/mol. The van der Waals surface area contributed by atoms with Crippen LogP contribution in [0.2, 0.25) is 10.0 Å². The van der Waals surface area contributed by atoms with Gasteiger partial charge >= 0.3 is 0 Å². The van der Waals surface area contributed by atoms with Gasteiger partial charge in [0.05, 0.1) is 10.0 Å². The highest BCUT2D eigenvalue weighted by atomic mass is 79.9. The molecule has 0 radical (unpaired) electrons. The quantitative estimate of drug-likeness (QED) is 0.585. The maximum atomic E-state index is 6.09. The van der Waals surface area contributed by atoms with Crippen molar-refractivity contribution < 1.29 is 0 Å². The second-order valence-corrected chi connectivity index (χ2v) is 6.70. The zero-order chi connectivity index (χ0) is 14.1. The third-order valence-corrected chi connectivity index (χ3v) is 4.96. The van der Waals surface area contributed by atoms with E-state index in [-0.39, 0.29) is 0 Å². The molecule has 0 amide bonds. The largest absolute Gasteiger partial charge is 0.275 e. The first kappa shape index (κ1) is 14.2. The molecule has 0 atom stereocenters. The van der Waals surface area contributed by atoms with Gasteiger partial charge in [-0.25, -0.2) is 0 Å². The Labute approximate surface area is 138 Å². The van der Waals surface area contributed by atoms with Gasteiger partial charge in [-0.05, 0) is 17.7 Å². The van der Waals surface area contributed by atoms with Crippen molar-refractivity contribution in [2.45, 2.75) is 10.9 Å². The van der Waals surface area contributed by atoms with E-state index in [0.29, 0.717) is 15.7 Å². The molecule has 0 saturated carbocycles. The zero-order valence-electron chi connectivity index (χ0n) is 10.1. The number of benzene rings is 1. The fraction of sp³-hybridized carbons (Fsp3) is 0.0769. The number of halogens is 3. The van der Waals surface area contributed by atoms with Crippen molar-refractivity contribution in [1.82, 2.24) is 14.6 Å². The molecule has 20 heavy (non-hydrogen) atoms. The van der Waals surface area contributed by atoms with Crippen LogP contribution in [0.5, 0.6) is 0 Å². The number of aromatic nitrogens is 3. The summed E-state index contributed by atoms with van der Waals surface area (Å²) < 4.78 is 2.89. The highest BCUT2D eigenvalue weighted by Crippen LogP contribution is 2.28. The number of hydrogen-bond acceptors (Lipinski definition) is 3. The van der Waals surface area contributed by atoms with Gasteiger partial charge < -0.3 is 0 Å². The molecule has 0 aliphatic rings. The van der Waals surface area contributed by atoms with Crippen molar-refractivity contribution >= 4 is 56.5 Å². The minimum atomic E-state index is 0.498. The molecular formula is C13H8BrCl2N3S. The topological polar surface area (TPSA) is 30.2 Å². The summed E-state index contributed by atoms with van der Waals surface area (Å²) in [7, 11) is 0. The summed E-state index contributed by atoms with van der Waals surface area (Å²) in [4.78, 5) is 0. The molecule has 3 nitrogen and oxygen atoms in total. The van der Waals surface area contributed by atoms with Crippen LogP contribution in [-0.2, 0) is 5.75 Å². The summed E-state index contributed by atoms with van der Waals surface area (Å²) in [6.45, 7) is 0. The minimum absolute atomic E-state index is 0.498. The van der Waals surface area contributed by atoms with Crippen LogP contribution in [0.3, 0.4) is 0 Å². The second-order valence-electron chi connectivity index (χ2n) is 4.06.